The number of aliphatic carboxylic acids is 1. The first-order chi connectivity index (χ1) is 12.6. The molecule has 0 aliphatic heterocycles. The lowest BCUT2D eigenvalue weighted by Gasteiger charge is -2.59. The highest BCUT2D eigenvalue weighted by molar-refractivity contribution is 5.92. The second-order valence-electron chi connectivity index (χ2n) is 9.71. The van der Waals surface area contributed by atoms with Gasteiger partial charge in [0.15, 0.2) is 5.78 Å². The molecule has 4 rings (SSSR count). The number of allylic oxidation sites excluding steroid dienone is 4. The van der Waals surface area contributed by atoms with Crippen LogP contribution >= 0.6 is 0 Å². The van der Waals surface area contributed by atoms with Crippen molar-refractivity contribution in [1.29, 1.82) is 0 Å². The van der Waals surface area contributed by atoms with Gasteiger partial charge in [-0.15, -0.1) is 0 Å². The van der Waals surface area contributed by atoms with Crippen LogP contribution in [0.15, 0.2) is 23.8 Å². The van der Waals surface area contributed by atoms with Gasteiger partial charge in [-0.3, -0.25) is 9.59 Å². The Hall–Kier alpha value is -1.46. The van der Waals surface area contributed by atoms with Gasteiger partial charge in [-0.1, -0.05) is 26.0 Å². The molecule has 2 fully saturated rings. The molecular weight excluding hydrogens is 344 g/mol. The lowest BCUT2D eigenvalue weighted by Crippen LogP contribution is -2.59. The van der Waals surface area contributed by atoms with Crippen molar-refractivity contribution in [2.75, 3.05) is 0 Å². The van der Waals surface area contributed by atoms with Crippen molar-refractivity contribution < 1.29 is 24.9 Å². The van der Waals surface area contributed by atoms with Crippen LogP contribution in [-0.4, -0.2) is 38.8 Å². The molecule has 2 saturated carbocycles. The predicted molar refractivity (Wildman–Crippen MR) is 99.8 cm³/mol. The van der Waals surface area contributed by atoms with Crippen molar-refractivity contribution in [2.24, 2.45) is 28.6 Å². The summed E-state index contributed by atoms with van der Waals surface area (Å²) in [5, 5.41) is 31.7. The topological polar surface area (TPSA) is 94.8 Å². The zero-order valence-corrected chi connectivity index (χ0v) is 16.1. The van der Waals surface area contributed by atoms with Gasteiger partial charge in [0.05, 0.1) is 11.7 Å². The van der Waals surface area contributed by atoms with E-state index in [2.05, 4.69) is 19.1 Å². The normalized spacial score (nSPS) is 48.4. The number of carbonyl (C=O) groups excluding carboxylic acids is 1. The van der Waals surface area contributed by atoms with Crippen LogP contribution in [0.1, 0.15) is 58.8 Å². The zero-order valence-electron chi connectivity index (χ0n) is 16.1. The van der Waals surface area contributed by atoms with Crippen molar-refractivity contribution in [2.45, 2.75) is 70.5 Å². The zero-order chi connectivity index (χ0) is 19.6. The van der Waals surface area contributed by atoms with E-state index in [9.17, 15) is 19.8 Å². The summed E-state index contributed by atoms with van der Waals surface area (Å²) < 4.78 is 0. The molecule has 0 radical (unpaired) electrons. The summed E-state index contributed by atoms with van der Waals surface area (Å²) in [6.07, 6.45) is 8.76. The van der Waals surface area contributed by atoms with Crippen LogP contribution in [0.2, 0.25) is 0 Å². The Morgan fingerprint density at radius 2 is 2.04 bits per heavy atom. The lowest BCUT2D eigenvalue weighted by molar-refractivity contribution is -0.162. The minimum Gasteiger partial charge on any atom is -0.481 e. The molecule has 5 heteroatoms. The van der Waals surface area contributed by atoms with Crippen molar-refractivity contribution >= 4 is 11.8 Å². The van der Waals surface area contributed by atoms with E-state index in [4.69, 9.17) is 5.11 Å². The van der Waals surface area contributed by atoms with Gasteiger partial charge in [0.2, 0.25) is 0 Å². The van der Waals surface area contributed by atoms with Gasteiger partial charge in [-0.05, 0) is 61.0 Å². The van der Waals surface area contributed by atoms with Gasteiger partial charge in [0.25, 0.3) is 0 Å². The number of carboxylic acid groups (broad SMARTS) is 1. The van der Waals surface area contributed by atoms with Crippen molar-refractivity contribution in [3.8, 4) is 0 Å². The maximum absolute atomic E-state index is 11.9. The Bertz CT molecular complexity index is 739. The molecule has 0 aromatic rings. The molecule has 0 saturated heterocycles. The first kappa shape index (κ1) is 18.9. The number of ketones is 1. The third-order valence-electron chi connectivity index (χ3n) is 8.53. The maximum atomic E-state index is 11.9. The SMILES string of the molecule is C[C@]12CCC(=O)C=C1C=C[C@@H]1[C@@H]2C(O)C[C@@]2(C)[C@H]1CC[C@]2(O)CCC(=O)O. The van der Waals surface area contributed by atoms with Crippen LogP contribution in [0, 0.1) is 28.6 Å². The molecule has 0 aromatic heterocycles. The number of carbonyl (C=O) groups is 2. The fraction of sp³-hybridized carbons (Fsp3) is 0.727. The third kappa shape index (κ3) is 2.58. The highest BCUT2D eigenvalue weighted by Gasteiger charge is 2.65. The average molecular weight is 374 g/mol. The molecule has 0 aromatic carbocycles. The standard InChI is InChI=1S/C22H30O5/c1-20-8-5-14(23)11-13(20)3-4-15-16-6-9-22(27,10-7-18(25)26)21(16,2)12-17(24)19(15)20/h3-4,11,15-17,19,24,27H,5-10,12H2,1-2H3,(H,25,26)/t15-,16-,17?,19+,20-,21-,22-/m0/s1. The summed E-state index contributed by atoms with van der Waals surface area (Å²) in [6.45, 7) is 4.21. The van der Waals surface area contributed by atoms with Crippen LogP contribution < -0.4 is 0 Å². The predicted octanol–water partition coefficient (Wildman–Crippen LogP) is 2.86. The van der Waals surface area contributed by atoms with Gasteiger partial charge >= 0.3 is 5.97 Å². The summed E-state index contributed by atoms with van der Waals surface area (Å²) in [4.78, 5) is 23.0. The van der Waals surface area contributed by atoms with E-state index in [0.29, 0.717) is 19.3 Å². The monoisotopic (exact) mass is 374 g/mol. The minimum absolute atomic E-state index is 0.0433. The van der Waals surface area contributed by atoms with E-state index in [1.807, 2.05) is 6.92 Å². The van der Waals surface area contributed by atoms with Crippen LogP contribution in [-0.2, 0) is 9.59 Å². The smallest absolute Gasteiger partial charge is 0.303 e. The number of hydrogen-bond donors (Lipinski definition) is 3. The summed E-state index contributed by atoms with van der Waals surface area (Å²) in [5.74, 6) is -0.326. The molecule has 5 nitrogen and oxygen atoms in total. The van der Waals surface area contributed by atoms with Crippen molar-refractivity contribution in [3.63, 3.8) is 0 Å². The second-order valence-corrected chi connectivity index (χ2v) is 9.71. The van der Waals surface area contributed by atoms with Crippen LogP contribution in [0.3, 0.4) is 0 Å². The second kappa shape index (κ2) is 6.02. The average Bonchev–Trinajstić information content (AvgIpc) is 2.85. The fourth-order valence-electron chi connectivity index (χ4n) is 6.95. The molecule has 4 aliphatic carbocycles. The van der Waals surface area contributed by atoms with E-state index in [1.54, 1.807) is 6.08 Å². The minimum atomic E-state index is -1.05. The number of aliphatic hydroxyl groups excluding tert-OH is 1. The van der Waals surface area contributed by atoms with E-state index < -0.39 is 23.1 Å². The molecule has 1 unspecified atom stereocenters. The van der Waals surface area contributed by atoms with Gasteiger partial charge in [0, 0.05) is 24.2 Å². The Morgan fingerprint density at radius 1 is 1.30 bits per heavy atom. The summed E-state index contributed by atoms with van der Waals surface area (Å²) in [7, 11) is 0. The highest BCUT2D eigenvalue weighted by atomic mass is 16.4. The molecule has 0 spiro atoms. The molecular formula is C22H30O5. The number of carboxylic acids is 1. The Balaban J connectivity index is 1.71. The molecule has 148 valence electrons. The van der Waals surface area contributed by atoms with E-state index in [0.717, 1.165) is 18.4 Å². The largest absolute Gasteiger partial charge is 0.481 e. The van der Waals surface area contributed by atoms with Crippen molar-refractivity contribution in [3.05, 3.63) is 23.8 Å². The van der Waals surface area contributed by atoms with Gasteiger partial charge in [0.1, 0.15) is 0 Å². The summed E-state index contributed by atoms with van der Waals surface area (Å²) in [6, 6.07) is 0. The van der Waals surface area contributed by atoms with E-state index in [1.165, 1.54) is 0 Å². The first-order valence-corrected chi connectivity index (χ1v) is 10.2. The Morgan fingerprint density at radius 3 is 2.74 bits per heavy atom. The van der Waals surface area contributed by atoms with E-state index >= 15 is 0 Å². The van der Waals surface area contributed by atoms with Crippen molar-refractivity contribution in [1.82, 2.24) is 0 Å². The number of rotatable bonds is 3. The molecule has 27 heavy (non-hydrogen) atoms. The van der Waals surface area contributed by atoms with Gasteiger partial charge in [-0.25, -0.2) is 0 Å². The number of aliphatic hydroxyl groups is 2. The molecule has 0 bridgehead atoms. The first-order valence-electron chi connectivity index (χ1n) is 10.2. The molecule has 0 amide bonds. The maximum Gasteiger partial charge on any atom is 0.303 e. The third-order valence-corrected chi connectivity index (χ3v) is 8.53. The quantitative estimate of drug-likeness (QED) is 0.706. The highest BCUT2D eigenvalue weighted by Crippen LogP contribution is 2.66. The van der Waals surface area contributed by atoms with Crippen LogP contribution in [0.5, 0.6) is 0 Å². The molecule has 0 heterocycles. The number of fused-ring (bicyclic) bond motifs is 5. The molecule has 4 aliphatic rings. The van der Waals surface area contributed by atoms with E-state index in [-0.39, 0.29) is 41.8 Å². The molecule has 7 atom stereocenters. The molecule has 3 N–H and O–H groups in total. The lowest BCUT2D eigenvalue weighted by atomic mass is 9.47. The summed E-state index contributed by atoms with van der Waals surface area (Å²) in [5.41, 5.74) is -0.720. The fourth-order valence-corrected chi connectivity index (χ4v) is 6.95. The van der Waals surface area contributed by atoms with Gasteiger partial charge in [-0.2, -0.15) is 0 Å². The van der Waals surface area contributed by atoms with Crippen LogP contribution in [0.25, 0.3) is 0 Å². The number of hydrogen-bond acceptors (Lipinski definition) is 4. The van der Waals surface area contributed by atoms with Crippen LogP contribution in [0.4, 0.5) is 0 Å². The Kier molecular flexibility index (Phi) is 4.21. The van der Waals surface area contributed by atoms with Gasteiger partial charge < -0.3 is 15.3 Å². The summed E-state index contributed by atoms with van der Waals surface area (Å²) >= 11 is 0. The Labute approximate surface area is 160 Å².